The van der Waals surface area contributed by atoms with Gasteiger partial charge in [-0.25, -0.2) is 4.21 Å². The molecule has 3 aromatic rings. The van der Waals surface area contributed by atoms with Gasteiger partial charge in [-0.15, -0.1) is 0 Å². The van der Waals surface area contributed by atoms with Gasteiger partial charge in [0.05, 0.1) is 34.0 Å². The van der Waals surface area contributed by atoms with E-state index < -0.39 is 11.0 Å². The molecule has 0 radical (unpaired) electrons. The average Bonchev–Trinajstić information content (AvgIpc) is 3.15. The maximum absolute atomic E-state index is 13.3. The molecular formula is C24H25ClN4O4S. The number of ether oxygens (including phenoxy) is 1. The van der Waals surface area contributed by atoms with E-state index in [2.05, 4.69) is 15.9 Å². The third-order valence-corrected chi connectivity index (χ3v) is 6.22. The standard InChI is InChI=1S/C24H25ClN4O4S/c1-14(2)13-32-23-16(12-26)8-17(10-19(23)25)29-20-11-21-18(24(27-33-21)28-34(3)31)9-15(20)6-4-5-7-22(29)30/h8-11,14H,4-7,13H2,1-3H3,(H,27,28). The highest BCUT2D eigenvalue weighted by atomic mass is 35.5. The fraction of sp³-hybridized carbons (Fsp3) is 0.375. The molecule has 0 fully saturated rings. The number of amides is 1. The average molecular weight is 501 g/mol. The molecule has 0 spiro atoms. The summed E-state index contributed by atoms with van der Waals surface area (Å²) in [5.74, 6) is 0.859. The number of nitrogens with one attached hydrogen (secondary N) is 1. The van der Waals surface area contributed by atoms with Crippen LogP contribution in [0.3, 0.4) is 0 Å². The second-order valence-corrected chi connectivity index (χ2v) is 10.1. The topological polar surface area (TPSA) is 108 Å². The summed E-state index contributed by atoms with van der Waals surface area (Å²) >= 11 is 6.53. The van der Waals surface area contributed by atoms with Crippen molar-refractivity contribution < 1.29 is 18.3 Å². The zero-order chi connectivity index (χ0) is 24.4. The van der Waals surface area contributed by atoms with Crippen molar-refractivity contribution in [3.05, 3.63) is 40.4 Å². The first-order valence-corrected chi connectivity index (χ1v) is 12.9. The van der Waals surface area contributed by atoms with Crippen LogP contribution in [0.2, 0.25) is 5.02 Å². The number of benzene rings is 2. The Hall–Kier alpha value is -3.09. The number of rotatable bonds is 6. The molecule has 1 N–H and O–H groups in total. The molecular weight excluding hydrogens is 476 g/mol. The van der Waals surface area contributed by atoms with Crippen LogP contribution in [-0.2, 0) is 22.2 Å². The second-order valence-electron chi connectivity index (χ2n) is 8.62. The molecule has 0 saturated carbocycles. The summed E-state index contributed by atoms with van der Waals surface area (Å²) in [6.45, 7) is 4.43. The number of carbonyl (C=O) groups is 1. The smallest absolute Gasteiger partial charge is 0.231 e. The molecule has 1 aliphatic rings. The first-order valence-electron chi connectivity index (χ1n) is 11.0. The number of nitrogens with zero attached hydrogens (tertiary/aromatic N) is 3. The lowest BCUT2D eigenvalue weighted by Gasteiger charge is -2.28. The van der Waals surface area contributed by atoms with Gasteiger partial charge < -0.3 is 9.26 Å². The van der Waals surface area contributed by atoms with E-state index >= 15 is 0 Å². The number of aromatic nitrogens is 1. The molecule has 10 heteroatoms. The number of aryl methyl sites for hydroxylation is 1. The van der Waals surface area contributed by atoms with E-state index in [9.17, 15) is 14.3 Å². The Balaban J connectivity index is 1.85. The van der Waals surface area contributed by atoms with E-state index in [1.807, 2.05) is 19.9 Å². The first-order chi connectivity index (χ1) is 16.3. The molecule has 1 amide bonds. The van der Waals surface area contributed by atoms with Crippen LogP contribution in [-0.4, -0.2) is 28.1 Å². The number of fused-ring (bicyclic) bond motifs is 2. The number of carbonyl (C=O) groups excluding carboxylic acids is 1. The van der Waals surface area contributed by atoms with Gasteiger partial charge in [0.25, 0.3) is 0 Å². The van der Waals surface area contributed by atoms with Gasteiger partial charge in [0.15, 0.2) is 17.2 Å². The van der Waals surface area contributed by atoms with Gasteiger partial charge >= 0.3 is 0 Å². The van der Waals surface area contributed by atoms with Gasteiger partial charge in [0.1, 0.15) is 17.1 Å². The lowest BCUT2D eigenvalue weighted by atomic mass is 9.98. The highest BCUT2D eigenvalue weighted by Crippen LogP contribution is 2.41. The van der Waals surface area contributed by atoms with Crippen LogP contribution in [0, 0.1) is 17.2 Å². The molecule has 8 nitrogen and oxygen atoms in total. The molecule has 0 aliphatic carbocycles. The number of hydrogen-bond acceptors (Lipinski definition) is 6. The van der Waals surface area contributed by atoms with Crippen molar-refractivity contribution in [2.24, 2.45) is 5.92 Å². The minimum atomic E-state index is -1.31. The maximum atomic E-state index is 13.3. The van der Waals surface area contributed by atoms with E-state index in [1.54, 1.807) is 23.1 Å². The predicted octanol–water partition coefficient (Wildman–Crippen LogP) is 5.48. The lowest BCUT2D eigenvalue weighted by molar-refractivity contribution is -0.118. The van der Waals surface area contributed by atoms with Gasteiger partial charge in [-0.3, -0.25) is 14.4 Å². The Morgan fingerprint density at radius 2 is 2.06 bits per heavy atom. The number of nitriles is 1. The van der Waals surface area contributed by atoms with Crippen molar-refractivity contribution in [1.29, 1.82) is 5.26 Å². The largest absolute Gasteiger partial charge is 0.490 e. The summed E-state index contributed by atoms with van der Waals surface area (Å²) in [7, 11) is -1.31. The summed E-state index contributed by atoms with van der Waals surface area (Å²) in [5.41, 5.74) is 2.76. The van der Waals surface area contributed by atoms with Crippen molar-refractivity contribution >= 4 is 56.7 Å². The predicted molar refractivity (Wildman–Crippen MR) is 133 cm³/mol. The van der Waals surface area contributed by atoms with E-state index in [4.69, 9.17) is 20.9 Å². The van der Waals surface area contributed by atoms with Crippen molar-refractivity contribution in [3.63, 3.8) is 0 Å². The van der Waals surface area contributed by atoms with Crippen LogP contribution in [0.5, 0.6) is 5.75 Å². The molecule has 178 valence electrons. The van der Waals surface area contributed by atoms with Gasteiger partial charge in [-0.05, 0) is 48.9 Å². The zero-order valence-electron chi connectivity index (χ0n) is 19.2. The van der Waals surface area contributed by atoms with Crippen LogP contribution in [0.15, 0.2) is 28.8 Å². The monoisotopic (exact) mass is 500 g/mol. The summed E-state index contributed by atoms with van der Waals surface area (Å²) < 4.78 is 25.7. The molecule has 1 unspecified atom stereocenters. The first kappa shape index (κ1) is 24.0. The third kappa shape index (κ3) is 4.88. The molecule has 2 aromatic carbocycles. The van der Waals surface area contributed by atoms with E-state index in [-0.39, 0.29) is 22.4 Å². The molecule has 1 atom stereocenters. The summed E-state index contributed by atoms with van der Waals surface area (Å²) in [6.07, 6.45) is 4.19. The van der Waals surface area contributed by atoms with E-state index in [1.165, 1.54) is 6.26 Å². The second kappa shape index (κ2) is 10.0. The SMILES string of the molecule is CC(C)COc1c(Cl)cc(N2C(=O)CCCCc3cc4c(NS(C)=O)noc4cc32)cc1C#N. The van der Waals surface area contributed by atoms with Gasteiger partial charge in [-0.1, -0.05) is 30.6 Å². The molecule has 34 heavy (non-hydrogen) atoms. The molecule has 0 saturated heterocycles. The van der Waals surface area contributed by atoms with Crippen LogP contribution in [0.1, 0.15) is 44.2 Å². The highest BCUT2D eigenvalue weighted by Gasteiger charge is 2.27. The lowest BCUT2D eigenvalue weighted by Crippen LogP contribution is -2.28. The minimum Gasteiger partial charge on any atom is -0.490 e. The summed E-state index contributed by atoms with van der Waals surface area (Å²) in [6, 6.07) is 9.09. The van der Waals surface area contributed by atoms with Gasteiger partial charge in [-0.2, -0.15) is 5.26 Å². The third-order valence-electron chi connectivity index (χ3n) is 5.46. The fourth-order valence-corrected chi connectivity index (χ4v) is 4.63. The number of hydrogen-bond donors (Lipinski definition) is 1. The van der Waals surface area contributed by atoms with Crippen LogP contribution in [0.25, 0.3) is 11.0 Å². The molecule has 1 aliphatic heterocycles. The van der Waals surface area contributed by atoms with Crippen molar-refractivity contribution in [3.8, 4) is 11.8 Å². The Morgan fingerprint density at radius 3 is 2.76 bits per heavy atom. The van der Waals surface area contributed by atoms with E-state index in [0.29, 0.717) is 46.9 Å². The number of anilines is 3. The molecule has 1 aromatic heterocycles. The van der Waals surface area contributed by atoms with Crippen LogP contribution >= 0.6 is 11.6 Å². The fourth-order valence-electron chi connectivity index (χ4n) is 3.95. The summed E-state index contributed by atoms with van der Waals surface area (Å²) in [5, 5.41) is 14.7. The van der Waals surface area contributed by atoms with E-state index in [0.717, 1.165) is 24.8 Å². The molecule has 2 heterocycles. The Bertz CT molecular complexity index is 1310. The Morgan fingerprint density at radius 1 is 1.29 bits per heavy atom. The van der Waals surface area contributed by atoms with Crippen molar-refractivity contribution in [1.82, 2.24) is 5.16 Å². The minimum absolute atomic E-state index is 0.108. The van der Waals surface area contributed by atoms with Crippen LogP contribution in [0.4, 0.5) is 17.2 Å². The molecule has 0 bridgehead atoms. The normalized spacial score (nSPS) is 14.9. The Labute approximate surface area is 205 Å². The van der Waals surface area contributed by atoms with Crippen LogP contribution < -0.4 is 14.4 Å². The summed E-state index contributed by atoms with van der Waals surface area (Å²) in [4.78, 5) is 14.9. The maximum Gasteiger partial charge on any atom is 0.231 e. The quantitative estimate of drug-likeness (QED) is 0.479. The van der Waals surface area contributed by atoms with Gasteiger partial charge in [0, 0.05) is 18.7 Å². The highest BCUT2D eigenvalue weighted by molar-refractivity contribution is 7.85. The van der Waals surface area contributed by atoms with Crippen molar-refractivity contribution in [2.75, 3.05) is 22.5 Å². The van der Waals surface area contributed by atoms with Crippen molar-refractivity contribution in [2.45, 2.75) is 39.5 Å². The Kier molecular flexibility index (Phi) is 7.10. The zero-order valence-corrected chi connectivity index (χ0v) is 20.8. The number of halogens is 1. The van der Waals surface area contributed by atoms with Gasteiger partial charge in [0.2, 0.25) is 5.91 Å². The molecule has 4 rings (SSSR count).